The van der Waals surface area contributed by atoms with Crippen LogP contribution < -0.4 is 5.73 Å². The van der Waals surface area contributed by atoms with Crippen molar-refractivity contribution in [3.63, 3.8) is 0 Å². The summed E-state index contributed by atoms with van der Waals surface area (Å²) in [4.78, 5) is 13.6. The van der Waals surface area contributed by atoms with Gasteiger partial charge in [-0.15, -0.1) is 0 Å². The van der Waals surface area contributed by atoms with Crippen molar-refractivity contribution in [2.24, 2.45) is 5.73 Å². The number of carbonyl (C=O) groups excluding carboxylic acids is 1. The maximum Gasteiger partial charge on any atom is 0.224 e. The van der Waals surface area contributed by atoms with Crippen molar-refractivity contribution in [1.29, 1.82) is 0 Å². The van der Waals surface area contributed by atoms with Gasteiger partial charge in [0.25, 0.3) is 0 Å². The van der Waals surface area contributed by atoms with Crippen LogP contribution >= 0.6 is 0 Å². The highest BCUT2D eigenvalue weighted by molar-refractivity contribution is 5.79. The average Bonchev–Trinajstić information content (AvgIpc) is 2.51. The highest BCUT2D eigenvalue weighted by Crippen LogP contribution is 2.21. The molecule has 3 heteroatoms. The molecule has 1 aliphatic rings. The Morgan fingerprint density at radius 3 is 2.35 bits per heavy atom. The summed E-state index contributed by atoms with van der Waals surface area (Å²) in [6.07, 6.45) is 0.490. The predicted molar refractivity (Wildman–Crippen MR) is 68.7 cm³/mol. The maximum atomic E-state index is 11.7. The van der Waals surface area contributed by atoms with E-state index < -0.39 is 0 Å². The van der Waals surface area contributed by atoms with Crippen LogP contribution in [0.1, 0.15) is 28.7 Å². The number of hydrogen-bond acceptors (Lipinski definition) is 2. The fraction of sp³-hybridized carbons (Fsp3) is 0.500. The largest absolute Gasteiger partial charge is 0.337 e. The maximum absolute atomic E-state index is 11.7. The summed E-state index contributed by atoms with van der Waals surface area (Å²) in [7, 11) is 0. The Balaban J connectivity index is 2.22. The fourth-order valence-corrected chi connectivity index (χ4v) is 2.61. The van der Waals surface area contributed by atoms with E-state index in [4.69, 9.17) is 5.73 Å². The van der Waals surface area contributed by atoms with Crippen LogP contribution in [-0.4, -0.2) is 23.4 Å². The smallest absolute Gasteiger partial charge is 0.224 e. The zero-order valence-corrected chi connectivity index (χ0v) is 10.8. The average molecular weight is 232 g/mol. The topological polar surface area (TPSA) is 46.3 Å². The van der Waals surface area contributed by atoms with E-state index in [1.165, 1.54) is 22.3 Å². The molecule has 0 saturated carbocycles. The van der Waals surface area contributed by atoms with Crippen molar-refractivity contribution in [2.45, 2.75) is 39.8 Å². The van der Waals surface area contributed by atoms with E-state index in [2.05, 4.69) is 32.9 Å². The number of benzene rings is 1. The Morgan fingerprint density at radius 1 is 1.29 bits per heavy atom. The summed E-state index contributed by atoms with van der Waals surface area (Å²) >= 11 is 0. The van der Waals surface area contributed by atoms with Crippen LogP contribution in [0.2, 0.25) is 0 Å². The number of carbonyl (C=O) groups is 1. The minimum Gasteiger partial charge on any atom is -0.337 e. The van der Waals surface area contributed by atoms with Gasteiger partial charge in [0, 0.05) is 25.6 Å². The molecule has 1 aromatic rings. The third-order valence-electron chi connectivity index (χ3n) is 3.43. The standard InChI is InChI=1S/C14H20N2O/c1-9-4-10(2)13(11(3)5-9)8-16-7-12(15)6-14(16)17/h4-5,12H,6-8,15H2,1-3H3. The second-order valence-electron chi connectivity index (χ2n) is 5.12. The van der Waals surface area contributed by atoms with Gasteiger partial charge in [-0.3, -0.25) is 4.79 Å². The van der Waals surface area contributed by atoms with Crippen LogP contribution in [0, 0.1) is 20.8 Å². The molecule has 1 unspecified atom stereocenters. The van der Waals surface area contributed by atoms with Gasteiger partial charge in [0.2, 0.25) is 5.91 Å². The van der Waals surface area contributed by atoms with Gasteiger partial charge < -0.3 is 10.6 Å². The molecular formula is C14H20N2O. The van der Waals surface area contributed by atoms with Gasteiger partial charge in [0.05, 0.1) is 0 Å². The summed E-state index contributed by atoms with van der Waals surface area (Å²) in [6, 6.07) is 4.35. The molecule has 0 aromatic heterocycles. The van der Waals surface area contributed by atoms with E-state index in [-0.39, 0.29) is 11.9 Å². The molecule has 0 bridgehead atoms. The molecule has 1 saturated heterocycles. The van der Waals surface area contributed by atoms with Crippen LogP contribution in [0.5, 0.6) is 0 Å². The Hall–Kier alpha value is -1.35. The molecule has 0 aliphatic carbocycles. The molecular weight excluding hydrogens is 212 g/mol. The lowest BCUT2D eigenvalue weighted by atomic mass is 9.99. The van der Waals surface area contributed by atoms with Crippen molar-refractivity contribution >= 4 is 5.91 Å². The van der Waals surface area contributed by atoms with E-state index >= 15 is 0 Å². The number of amides is 1. The Labute approximate surface area is 103 Å². The predicted octanol–water partition coefficient (Wildman–Crippen LogP) is 1.67. The molecule has 3 nitrogen and oxygen atoms in total. The van der Waals surface area contributed by atoms with Crippen LogP contribution in [0.4, 0.5) is 0 Å². The minimum atomic E-state index is 0.00793. The van der Waals surface area contributed by atoms with Gasteiger partial charge in [-0.2, -0.15) is 0 Å². The molecule has 92 valence electrons. The third-order valence-corrected chi connectivity index (χ3v) is 3.43. The Bertz CT molecular complexity index is 431. The number of rotatable bonds is 2. The fourth-order valence-electron chi connectivity index (χ4n) is 2.61. The Kier molecular flexibility index (Phi) is 3.20. The monoisotopic (exact) mass is 232 g/mol. The van der Waals surface area contributed by atoms with E-state index in [0.717, 1.165) is 0 Å². The van der Waals surface area contributed by atoms with Crippen molar-refractivity contribution in [2.75, 3.05) is 6.54 Å². The molecule has 0 radical (unpaired) electrons. The van der Waals surface area contributed by atoms with Gasteiger partial charge >= 0.3 is 0 Å². The molecule has 1 heterocycles. The lowest BCUT2D eigenvalue weighted by molar-refractivity contribution is -0.128. The van der Waals surface area contributed by atoms with Gasteiger partial charge in [0.15, 0.2) is 0 Å². The number of hydrogen-bond donors (Lipinski definition) is 1. The highest BCUT2D eigenvalue weighted by Gasteiger charge is 2.27. The lowest BCUT2D eigenvalue weighted by Gasteiger charge is -2.19. The van der Waals surface area contributed by atoms with Gasteiger partial charge in [0.1, 0.15) is 0 Å². The van der Waals surface area contributed by atoms with E-state index in [1.54, 1.807) is 0 Å². The number of likely N-dealkylation sites (tertiary alicyclic amines) is 1. The molecule has 2 rings (SSSR count). The third kappa shape index (κ3) is 2.50. The molecule has 1 aliphatic heterocycles. The second-order valence-corrected chi connectivity index (χ2v) is 5.12. The zero-order chi connectivity index (χ0) is 12.6. The quantitative estimate of drug-likeness (QED) is 0.843. The van der Waals surface area contributed by atoms with E-state index in [0.29, 0.717) is 19.5 Å². The molecule has 1 amide bonds. The first kappa shape index (κ1) is 12.1. The van der Waals surface area contributed by atoms with E-state index in [1.807, 2.05) is 4.90 Å². The zero-order valence-electron chi connectivity index (χ0n) is 10.8. The molecule has 1 atom stereocenters. The van der Waals surface area contributed by atoms with Crippen LogP contribution in [-0.2, 0) is 11.3 Å². The van der Waals surface area contributed by atoms with Crippen LogP contribution in [0.15, 0.2) is 12.1 Å². The van der Waals surface area contributed by atoms with Crippen LogP contribution in [0.25, 0.3) is 0 Å². The summed E-state index contributed by atoms with van der Waals surface area (Å²) in [5.41, 5.74) is 10.9. The molecule has 17 heavy (non-hydrogen) atoms. The summed E-state index contributed by atoms with van der Waals surface area (Å²) in [5, 5.41) is 0. The van der Waals surface area contributed by atoms with Crippen molar-refractivity contribution in [3.05, 3.63) is 34.4 Å². The number of nitrogens with zero attached hydrogens (tertiary/aromatic N) is 1. The molecule has 2 N–H and O–H groups in total. The van der Waals surface area contributed by atoms with Crippen molar-refractivity contribution in [1.82, 2.24) is 4.90 Å². The summed E-state index contributed by atoms with van der Waals surface area (Å²) in [5.74, 6) is 0.178. The normalized spacial score (nSPS) is 20.1. The first-order valence-electron chi connectivity index (χ1n) is 6.07. The highest BCUT2D eigenvalue weighted by atomic mass is 16.2. The molecule has 0 spiro atoms. The van der Waals surface area contributed by atoms with Gasteiger partial charge in [-0.1, -0.05) is 17.7 Å². The SMILES string of the molecule is Cc1cc(C)c(CN2CC(N)CC2=O)c(C)c1. The minimum absolute atomic E-state index is 0.00793. The first-order valence-corrected chi connectivity index (χ1v) is 6.07. The number of nitrogens with two attached hydrogens (primary N) is 1. The van der Waals surface area contributed by atoms with Gasteiger partial charge in [-0.05, 0) is 37.5 Å². The van der Waals surface area contributed by atoms with E-state index in [9.17, 15) is 4.79 Å². The molecule has 1 aromatic carbocycles. The van der Waals surface area contributed by atoms with Crippen molar-refractivity contribution in [3.8, 4) is 0 Å². The molecule has 1 fully saturated rings. The van der Waals surface area contributed by atoms with Crippen molar-refractivity contribution < 1.29 is 4.79 Å². The van der Waals surface area contributed by atoms with Gasteiger partial charge in [-0.25, -0.2) is 0 Å². The number of aryl methyl sites for hydroxylation is 3. The summed E-state index contributed by atoms with van der Waals surface area (Å²) in [6.45, 7) is 7.70. The second kappa shape index (κ2) is 4.49. The summed E-state index contributed by atoms with van der Waals surface area (Å²) < 4.78 is 0. The first-order chi connectivity index (χ1) is 7.97. The lowest BCUT2D eigenvalue weighted by Crippen LogP contribution is -2.28. The van der Waals surface area contributed by atoms with Crippen LogP contribution in [0.3, 0.4) is 0 Å². The Morgan fingerprint density at radius 2 is 1.88 bits per heavy atom.